The molecule has 0 fully saturated rings. The molecule has 0 aliphatic carbocycles. The van der Waals surface area contributed by atoms with Crippen LogP contribution < -0.4 is 4.72 Å². The van der Waals surface area contributed by atoms with Crippen molar-refractivity contribution in [3.8, 4) is 0 Å². The zero-order valence-electron chi connectivity index (χ0n) is 13.0. The van der Waals surface area contributed by atoms with E-state index in [-0.39, 0.29) is 23.2 Å². The van der Waals surface area contributed by atoms with Gasteiger partial charge in [-0.2, -0.15) is 10.1 Å². The van der Waals surface area contributed by atoms with Crippen LogP contribution in [0, 0.1) is 12.7 Å². The van der Waals surface area contributed by atoms with Gasteiger partial charge < -0.3 is 0 Å². The van der Waals surface area contributed by atoms with Crippen LogP contribution >= 0.6 is 0 Å². The number of sulfonamides is 1. The average Bonchev–Trinajstić information content (AvgIpc) is 3.05. The van der Waals surface area contributed by atoms with E-state index in [1.165, 1.54) is 34.0 Å². The van der Waals surface area contributed by atoms with Crippen LogP contribution in [-0.2, 0) is 23.6 Å². The summed E-state index contributed by atoms with van der Waals surface area (Å²) in [5, 5.41) is 8.05. The first-order valence-corrected chi connectivity index (χ1v) is 8.49. The van der Waals surface area contributed by atoms with Gasteiger partial charge in [0, 0.05) is 13.2 Å². The molecule has 0 aliphatic heterocycles. The Bertz CT molecular complexity index is 979. The van der Waals surface area contributed by atoms with Crippen LogP contribution in [0.1, 0.15) is 11.3 Å². The Morgan fingerprint density at radius 3 is 2.75 bits per heavy atom. The summed E-state index contributed by atoms with van der Waals surface area (Å²) in [6.07, 6.45) is 2.78. The second kappa shape index (κ2) is 6.04. The van der Waals surface area contributed by atoms with Gasteiger partial charge in [0.1, 0.15) is 17.0 Å². The fourth-order valence-corrected chi connectivity index (χ4v) is 3.42. The molecule has 0 saturated carbocycles. The van der Waals surface area contributed by atoms with Gasteiger partial charge in [-0.15, -0.1) is 5.10 Å². The van der Waals surface area contributed by atoms with Gasteiger partial charge >= 0.3 is 0 Å². The molecule has 3 aromatic rings. The molecule has 1 aromatic carbocycles. The Hall–Kier alpha value is -2.75. The third kappa shape index (κ3) is 3.43. The topological polar surface area (TPSA) is 94.7 Å². The normalized spacial score (nSPS) is 11.6. The molecule has 126 valence electrons. The van der Waals surface area contributed by atoms with Gasteiger partial charge in [-0.25, -0.2) is 22.2 Å². The van der Waals surface area contributed by atoms with Gasteiger partial charge in [0.25, 0.3) is 16.0 Å². The highest BCUT2D eigenvalue weighted by Gasteiger charge is 2.21. The monoisotopic (exact) mass is 350 g/mol. The van der Waals surface area contributed by atoms with Crippen LogP contribution in [0.25, 0.3) is 0 Å². The van der Waals surface area contributed by atoms with Gasteiger partial charge in [0.05, 0.1) is 12.2 Å². The molecule has 2 aromatic heterocycles. The highest BCUT2D eigenvalue weighted by atomic mass is 32.2. The molecule has 0 unspecified atom stereocenters. The van der Waals surface area contributed by atoms with Crippen LogP contribution in [0.5, 0.6) is 0 Å². The molecule has 0 bridgehead atoms. The molecule has 1 N–H and O–H groups in total. The zero-order valence-corrected chi connectivity index (χ0v) is 13.8. The van der Waals surface area contributed by atoms with E-state index in [0.29, 0.717) is 11.3 Å². The fourth-order valence-electron chi connectivity index (χ4n) is 2.26. The minimum Gasteiger partial charge on any atom is -0.274 e. The van der Waals surface area contributed by atoms with Crippen LogP contribution in [-0.4, -0.2) is 33.0 Å². The summed E-state index contributed by atoms with van der Waals surface area (Å²) in [4.78, 5) is 3.98. The highest BCUT2D eigenvalue weighted by Crippen LogP contribution is 2.16. The predicted molar refractivity (Wildman–Crippen MR) is 84.3 cm³/mol. The molecule has 3 rings (SSSR count). The Kier molecular flexibility index (Phi) is 4.06. The van der Waals surface area contributed by atoms with Crippen molar-refractivity contribution >= 4 is 16.0 Å². The number of nitrogens with zero attached hydrogens (tertiary/aromatic N) is 5. The van der Waals surface area contributed by atoms with Crippen LogP contribution in [0.3, 0.4) is 0 Å². The van der Waals surface area contributed by atoms with Gasteiger partial charge in [0.2, 0.25) is 0 Å². The first-order valence-electron chi connectivity index (χ1n) is 7.00. The molecule has 24 heavy (non-hydrogen) atoms. The van der Waals surface area contributed by atoms with E-state index in [9.17, 15) is 12.8 Å². The van der Waals surface area contributed by atoms with Crippen molar-refractivity contribution < 1.29 is 12.8 Å². The van der Waals surface area contributed by atoms with E-state index in [1.807, 2.05) is 0 Å². The third-order valence-electron chi connectivity index (χ3n) is 3.25. The molecular formula is C14H15FN6O2S. The molecule has 0 saturated heterocycles. The number of hydrogen-bond donors (Lipinski definition) is 1. The number of halogens is 1. The number of nitrogens with one attached hydrogen (secondary N) is 1. The maximum Gasteiger partial charge on any atom is 0.267 e. The van der Waals surface area contributed by atoms with E-state index >= 15 is 0 Å². The Morgan fingerprint density at radius 2 is 2.08 bits per heavy atom. The van der Waals surface area contributed by atoms with E-state index in [4.69, 9.17) is 0 Å². The molecule has 0 radical (unpaired) electrons. The molecule has 0 spiro atoms. The van der Waals surface area contributed by atoms with Gasteiger partial charge in [0.15, 0.2) is 0 Å². The van der Waals surface area contributed by atoms with Crippen molar-refractivity contribution in [1.82, 2.24) is 24.5 Å². The van der Waals surface area contributed by atoms with Crippen LogP contribution in [0.2, 0.25) is 0 Å². The quantitative estimate of drug-likeness (QED) is 0.749. The summed E-state index contributed by atoms with van der Waals surface area (Å²) < 4.78 is 43.0. The SMILES string of the molecule is Cc1nn(C)cc1S(=O)(=O)Nc1ncn(Cc2cccc(F)c2)n1. The smallest absolute Gasteiger partial charge is 0.267 e. The van der Waals surface area contributed by atoms with Gasteiger partial charge in [-0.1, -0.05) is 12.1 Å². The molecule has 0 aliphatic rings. The summed E-state index contributed by atoms with van der Waals surface area (Å²) in [7, 11) is -2.18. The molecule has 8 nitrogen and oxygen atoms in total. The van der Waals surface area contributed by atoms with Crippen LogP contribution in [0.4, 0.5) is 10.3 Å². The lowest BCUT2D eigenvalue weighted by molar-refractivity contribution is 0.600. The van der Waals surface area contributed by atoms with Gasteiger partial charge in [-0.3, -0.25) is 4.68 Å². The Morgan fingerprint density at radius 1 is 1.29 bits per heavy atom. The van der Waals surface area contributed by atoms with Crippen molar-refractivity contribution in [2.75, 3.05) is 4.72 Å². The maximum atomic E-state index is 13.2. The number of rotatable bonds is 5. The lowest BCUT2D eigenvalue weighted by atomic mass is 10.2. The second-order valence-electron chi connectivity index (χ2n) is 5.25. The Labute approximate surface area is 138 Å². The van der Waals surface area contributed by atoms with E-state index in [2.05, 4.69) is 19.9 Å². The molecular weight excluding hydrogens is 335 g/mol. The number of aryl methyl sites for hydroxylation is 2. The minimum atomic E-state index is -3.82. The highest BCUT2D eigenvalue weighted by molar-refractivity contribution is 7.92. The van der Waals surface area contributed by atoms with E-state index in [0.717, 1.165) is 0 Å². The second-order valence-corrected chi connectivity index (χ2v) is 6.90. The van der Waals surface area contributed by atoms with Gasteiger partial charge in [-0.05, 0) is 24.6 Å². The maximum absolute atomic E-state index is 13.2. The lowest BCUT2D eigenvalue weighted by Crippen LogP contribution is -2.15. The third-order valence-corrected chi connectivity index (χ3v) is 4.68. The van der Waals surface area contributed by atoms with Crippen molar-refractivity contribution in [2.45, 2.75) is 18.4 Å². The summed E-state index contributed by atoms with van der Waals surface area (Å²) in [5.74, 6) is -0.407. The van der Waals surface area contributed by atoms with E-state index < -0.39 is 10.0 Å². The average molecular weight is 350 g/mol. The minimum absolute atomic E-state index is 0.0605. The van der Waals surface area contributed by atoms with Crippen molar-refractivity contribution in [3.63, 3.8) is 0 Å². The number of benzene rings is 1. The van der Waals surface area contributed by atoms with Crippen molar-refractivity contribution in [2.24, 2.45) is 7.05 Å². The summed E-state index contributed by atoms with van der Waals surface area (Å²) >= 11 is 0. The lowest BCUT2D eigenvalue weighted by Gasteiger charge is -2.03. The summed E-state index contributed by atoms with van der Waals surface area (Å²) in [5.41, 5.74) is 1.07. The van der Waals surface area contributed by atoms with Crippen LogP contribution in [0.15, 0.2) is 41.7 Å². The number of aromatic nitrogens is 5. The Balaban J connectivity index is 1.77. The largest absolute Gasteiger partial charge is 0.274 e. The molecule has 0 atom stereocenters. The first kappa shape index (κ1) is 16.1. The first-order chi connectivity index (χ1) is 11.3. The number of anilines is 1. The summed E-state index contributed by atoms with van der Waals surface area (Å²) in [6.45, 7) is 1.88. The molecule has 10 heteroatoms. The van der Waals surface area contributed by atoms with Crippen molar-refractivity contribution in [1.29, 1.82) is 0 Å². The number of hydrogen-bond acceptors (Lipinski definition) is 5. The fraction of sp³-hybridized carbons (Fsp3) is 0.214. The standard InChI is InChI=1S/C14H15FN6O2S/c1-10-13(8-20(2)17-10)24(22,23)19-14-16-9-21(18-14)7-11-4-3-5-12(15)6-11/h3-6,8-9H,7H2,1-2H3,(H,18,19). The molecule has 2 heterocycles. The molecule has 0 amide bonds. The van der Waals surface area contributed by atoms with E-state index in [1.54, 1.807) is 26.1 Å². The predicted octanol–water partition coefficient (Wildman–Crippen LogP) is 1.31. The zero-order chi connectivity index (χ0) is 17.3. The van der Waals surface area contributed by atoms with Crippen molar-refractivity contribution in [3.05, 3.63) is 53.9 Å². The summed E-state index contributed by atoms with van der Waals surface area (Å²) in [6, 6.07) is 6.06.